The Morgan fingerprint density at radius 3 is 2.79 bits per heavy atom. The molecule has 0 aliphatic heterocycles. The summed E-state index contributed by atoms with van der Waals surface area (Å²) in [5.41, 5.74) is 0. The molecule has 0 aliphatic carbocycles. The third kappa shape index (κ3) is 2.93. The van der Waals surface area contributed by atoms with Gasteiger partial charge >= 0.3 is 5.97 Å². The lowest BCUT2D eigenvalue weighted by atomic mass is 10.1. The Bertz CT molecular complexity index is 302. The zero-order valence-corrected chi connectivity index (χ0v) is 7.69. The number of aliphatic carboxylic acids is 1. The van der Waals surface area contributed by atoms with Crippen molar-refractivity contribution in [3.05, 3.63) is 24.2 Å². The standard InChI is InChI=1S/C9H11NO4/c1-6(11)10-7(5-9(12)13)8-3-2-4-14-8/h2-4,7H,5H2,1H3,(H,10,11)(H,12,13)/t7-/m0/s1. The predicted octanol–water partition coefficient (Wildman–Crippen LogP) is 0.932. The number of hydrogen-bond acceptors (Lipinski definition) is 3. The molecule has 0 aromatic carbocycles. The van der Waals surface area contributed by atoms with E-state index in [0.29, 0.717) is 5.76 Å². The fourth-order valence-corrected chi connectivity index (χ4v) is 1.13. The third-order valence-electron chi connectivity index (χ3n) is 1.64. The van der Waals surface area contributed by atoms with Crippen molar-refractivity contribution in [1.29, 1.82) is 0 Å². The monoisotopic (exact) mass is 197 g/mol. The quantitative estimate of drug-likeness (QED) is 0.752. The average Bonchev–Trinajstić information content (AvgIpc) is 2.52. The van der Waals surface area contributed by atoms with Crippen molar-refractivity contribution in [3.8, 4) is 0 Å². The van der Waals surface area contributed by atoms with Crippen LogP contribution >= 0.6 is 0 Å². The maximum absolute atomic E-state index is 10.8. The van der Waals surface area contributed by atoms with Gasteiger partial charge in [-0.2, -0.15) is 0 Å². The highest BCUT2D eigenvalue weighted by atomic mass is 16.4. The van der Waals surface area contributed by atoms with E-state index in [1.165, 1.54) is 13.2 Å². The van der Waals surface area contributed by atoms with Gasteiger partial charge in [0.1, 0.15) is 5.76 Å². The van der Waals surface area contributed by atoms with E-state index in [0.717, 1.165) is 0 Å². The van der Waals surface area contributed by atoms with Crippen LogP contribution in [0.5, 0.6) is 0 Å². The van der Waals surface area contributed by atoms with Gasteiger partial charge in [0.2, 0.25) is 5.91 Å². The van der Waals surface area contributed by atoms with E-state index in [9.17, 15) is 9.59 Å². The van der Waals surface area contributed by atoms with Crippen LogP contribution in [0.25, 0.3) is 0 Å². The molecule has 0 spiro atoms. The van der Waals surface area contributed by atoms with Crippen LogP contribution in [-0.2, 0) is 9.59 Å². The maximum atomic E-state index is 10.8. The molecule has 1 heterocycles. The van der Waals surface area contributed by atoms with Crippen LogP contribution in [-0.4, -0.2) is 17.0 Å². The first kappa shape index (κ1) is 10.3. The van der Waals surface area contributed by atoms with Gasteiger partial charge in [-0.25, -0.2) is 0 Å². The minimum absolute atomic E-state index is 0.187. The van der Waals surface area contributed by atoms with E-state index < -0.39 is 12.0 Å². The molecule has 1 aromatic heterocycles. The molecular weight excluding hydrogens is 186 g/mol. The zero-order chi connectivity index (χ0) is 10.6. The number of hydrogen-bond donors (Lipinski definition) is 2. The first-order valence-corrected chi connectivity index (χ1v) is 4.12. The van der Waals surface area contributed by atoms with Crippen LogP contribution in [0.2, 0.25) is 0 Å². The minimum Gasteiger partial charge on any atom is -0.481 e. The average molecular weight is 197 g/mol. The molecule has 1 atom stereocenters. The summed E-state index contributed by atoms with van der Waals surface area (Å²) >= 11 is 0. The van der Waals surface area contributed by atoms with Gasteiger partial charge in [0.25, 0.3) is 0 Å². The van der Waals surface area contributed by atoms with Crippen molar-refractivity contribution in [2.75, 3.05) is 0 Å². The number of amides is 1. The topological polar surface area (TPSA) is 79.5 Å². The molecule has 76 valence electrons. The maximum Gasteiger partial charge on any atom is 0.305 e. The van der Waals surface area contributed by atoms with Gasteiger partial charge in [-0.3, -0.25) is 9.59 Å². The molecular formula is C9H11NO4. The highest BCUT2D eigenvalue weighted by Gasteiger charge is 2.18. The number of furan rings is 1. The SMILES string of the molecule is CC(=O)N[C@@H](CC(=O)O)c1ccco1. The highest BCUT2D eigenvalue weighted by molar-refractivity contribution is 5.75. The summed E-state index contributed by atoms with van der Waals surface area (Å²) in [6.45, 7) is 1.33. The van der Waals surface area contributed by atoms with E-state index in [1.807, 2.05) is 0 Å². The smallest absolute Gasteiger partial charge is 0.305 e. The molecule has 0 unspecified atom stereocenters. The highest BCUT2D eigenvalue weighted by Crippen LogP contribution is 2.16. The Hall–Kier alpha value is -1.78. The molecule has 14 heavy (non-hydrogen) atoms. The van der Waals surface area contributed by atoms with Gasteiger partial charge in [-0.15, -0.1) is 0 Å². The number of nitrogens with one attached hydrogen (secondary N) is 1. The van der Waals surface area contributed by atoms with E-state index in [2.05, 4.69) is 5.32 Å². The van der Waals surface area contributed by atoms with Gasteiger partial charge in [-0.05, 0) is 12.1 Å². The zero-order valence-electron chi connectivity index (χ0n) is 7.69. The Kier molecular flexibility index (Phi) is 3.28. The summed E-state index contributed by atoms with van der Waals surface area (Å²) in [6, 6.07) is 2.68. The van der Waals surface area contributed by atoms with Crippen molar-refractivity contribution in [3.63, 3.8) is 0 Å². The summed E-state index contributed by atoms with van der Waals surface area (Å²) in [7, 11) is 0. The summed E-state index contributed by atoms with van der Waals surface area (Å²) in [5.74, 6) is -0.824. The van der Waals surface area contributed by atoms with E-state index in [4.69, 9.17) is 9.52 Å². The normalized spacial score (nSPS) is 12.1. The Morgan fingerprint density at radius 2 is 2.36 bits per heavy atom. The molecule has 5 nitrogen and oxygen atoms in total. The second kappa shape index (κ2) is 4.45. The third-order valence-corrected chi connectivity index (χ3v) is 1.64. The lowest BCUT2D eigenvalue weighted by Crippen LogP contribution is -2.27. The molecule has 0 saturated heterocycles. The van der Waals surface area contributed by atoms with Crippen LogP contribution in [0.1, 0.15) is 25.1 Å². The fourth-order valence-electron chi connectivity index (χ4n) is 1.13. The predicted molar refractivity (Wildman–Crippen MR) is 47.5 cm³/mol. The van der Waals surface area contributed by atoms with Gasteiger partial charge in [0, 0.05) is 6.92 Å². The molecule has 1 amide bonds. The minimum atomic E-state index is -0.986. The second-order valence-corrected chi connectivity index (χ2v) is 2.87. The number of carbonyl (C=O) groups is 2. The Labute approximate surface area is 80.7 Å². The first-order chi connectivity index (χ1) is 6.59. The number of carboxylic acids is 1. The van der Waals surface area contributed by atoms with Crippen LogP contribution in [0, 0.1) is 0 Å². The summed E-state index contributed by atoms with van der Waals surface area (Å²) in [4.78, 5) is 21.3. The lowest BCUT2D eigenvalue weighted by molar-refractivity contribution is -0.137. The van der Waals surface area contributed by atoms with Crippen molar-refractivity contribution in [2.24, 2.45) is 0 Å². The van der Waals surface area contributed by atoms with E-state index in [-0.39, 0.29) is 12.3 Å². The Balaban J connectivity index is 2.71. The van der Waals surface area contributed by atoms with Crippen molar-refractivity contribution >= 4 is 11.9 Å². The van der Waals surface area contributed by atoms with E-state index in [1.54, 1.807) is 12.1 Å². The molecule has 0 saturated carbocycles. The largest absolute Gasteiger partial charge is 0.481 e. The van der Waals surface area contributed by atoms with Gasteiger partial charge < -0.3 is 14.8 Å². The van der Waals surface area contributed by atoms with Crippen LogP contribution < -0.4 is 5.32 Å². The molecule has 0 radical (unpaired) electrons. The van der Waals surface area contributed by atoms with Crippen LogP contribution in [0.15, 0.2) is 22.8 Å². The van der Waals surface area contributed by atoms with Gasteiger partial charge in [-0.1, -0.05) is 0 Å². The molecule has 0 fully saturated rings. The molecule has 5 heteroatoms. The summed E-state index contributed by atoms with van der Waals surface area (Å²) in [5, 5.41) is 11.1. The fraction of sp³-hybridized carbons (Fsp3) is 0.333. The first-order valence-electron chi connectivity index (χ1n) is 4.12. The number of rotatable bonds is 4. The van der Waals surface area contributed by atoms with Gasteiger partial charge in [0.05, 0.1) is 18.7 Å². The number of carbonyl (C=O) groups excluding carboxylic acids is 1. The van der Waals surface area contributed by atoms with Crippen molar-refractivity contribution in [1.82, 2.24) is 5.32 Å². The van der Waals surface area contributed by atoms with Gasteiger partial charge in [0.15, 0.2) is 0 Å². The summed E-state index contributed by atoms with van der Waals surface area (Å²) < 4.78 is 5.02. The number of carboxylic acid groups (broad SMARTS) is 1. The van der Waals surface area contributed by atoms with E-state index >= 15 is 0 Å². The van der Waals surface area contributed by atoms with Crippen molar-refractivity contribution in [2.45, 2.75) is 19.4 Å². The summed E-state index contributed by atoms with van der Waals surface area (Å²) in [6.07, 6.45) is 1.25. The van der Waals surface area contributed by atoms with Crippen LogP contribution in [0.3, 0.4) is 0 Å². The molecule has 1 rings (SSSR count). The lowest BCUT2D eigenvalue weighted by Gasteiger charge is -2.12. The Morgan fingerprint density at radius 1 is 1.64 bits per heavy atom. The molecule has 2 N–H and O–H groups in total. The molecule has 1 aromatic rings. The molecule has 0 aliphatic rings. The second-order valence-electron chi connectivity index (χ2n) is 2.87. The van der Waals surface area contributed by atoms with Crippen molar-refractivity contribution < 1.29 is 19.1 Å². The van der Waals surface area contributed by atoms with Crippen LogP contribution in [0.4, 0.5) is 0 Å². The molecule has 0 bridgehead atoms.